The maximum Gasteiger partial charge on any atom is 0.185 e. The van der Waals surface area contributed by atoms with Gasteiger partial charge < -0.3 is 0 Å². The molecular weight excluding hydrogens is 262 g/mol. The molecule has 4 nitrogen and oxygen atoms in total. The molecule has 0 N–H and O–H groups in total. The van der Waals surface area contributed by atoms with Gasteiger partial charge in [0.1, 0.15) is 12.7 Å². The lowest BCUT2D eigenvalue weighted by Crippen LogP contribution is -1.97. The Balaban J connectivity index is 1.75. The molecule has 0 fully saturated rings. The highest BCUT2D eigenvalue weighted by molar-refractivity contribution is 6.06. The molecule has 1 aromatic heterocycles. The highest BCUT2D eigenvalue weighted by Gasteiger charge is 2.03. The first kappa shape index (κ1) is 13.0. The standard InChI is InChI=1S/C17H13N3O/c21-17(11-6-14-4-2-1-3-5-14)15-7-9-16(10-8-15)20-13-18-12-19-20/h1-13H/b11-6+. The summed E-state index contributed by atoms with van der Waals surface area (Å²) in [6, 6.07) is 17.0. The van der Waals surface area contributed by atoms with E-state index < -0.39 is 0 Å². The van der Waals surface area contributed by atoms with Crippen LogP contribution in [-0.2, 0) is 0 Å². The van der Waals surface area contributed by atoms with Crippen molar-refractivity contribution < 1.29 is 4.79 Å². The molecule has 4 heteroatoms. The van der Waals surface area contributed by atoms with Crippen LogP contribution in [0, 0.1) is 0 Å². The topological polar surface area (TPSA) is 47.8 Å². The maximum atomic E-state index is 12.1. The number of aromatic nitrogens is 3. The molecule has 0 amide bonds. The van der Waals surface area contributed by atoms with Crippen molar-refractivity contribution in [1.29, 1.82) is 0 Å². The van der Waals surface area contributed by atoms with Gasteiger partial charge in [-0.15, -0.1) is 0 Å². The summed E-state index contributed by atoms with van der Waals surface area (Å²) in [4.78, 5) is 16.0. The molecule has 0 spiro atoms. The molecule has 0 saturated heterocycles. The van der Waals surface area contributed by atoms with Crippen LogP contribution in [0.1, 0.15) is 15.9 Å². The summed E-state index contributed by atoms with van der Waals surface area (Å²) in [6.45, 7) is 0. The fraction of sp³-hybridized carbons (Fsp3) is 0. The number of carbonyl (C=O) groups is 1. The molecule has 1 heterocycles. The molecule has 3 aromatic rings. The minimum Gasteiger partial charge on any atom is -0.289 e. The molecule has 0 bridgehead atoms. The first-order chi connectivity index (χ1) is 10.3. The van der Waals surface area contributed by atoms with Crippen molar-refractivity contribution in [3.63, 3.8) is 0 Å². The summed E-state index contributed by atoms with van der Waals surface area (Å²) in [5.41, 5.74) is 2.52. The Morgan fingerprint density at radius 1 is 1.00 bits per heavy atom. The zero-order valence-corrected chi connectivity index (χ0v) is 11.3. The van der Waals surface area contributed by atoms with Crippen molar-refractivity contribution in [3.05, 3.63) is 84.5 Å². The van der Waals surface area contributed by atoms with Crippen LogP contribution in [0.2, 0.25) is 0 Å². The summed E-state index contributed by atoms with van der Waals surface area (Å²) in [6.07, 6.45) is 6.49. The van der Waals surface area contributed by atoms with Gasteiger partial charge in [-0.05, 0) is 35.9 Å². The van der Waals surface area contributed by atoms with E-state index in [2.05, 4.69) is 10.1 Å². The normalized spacial score (nSPS) is 10.9. The number of nitrogens with zero attached hydrogens (tertiary/aromatic N) is 3. The number of rotatable bonds is 4. The van der Waals surface area contributed by atoms with Gasteiger partial charge in [-0.25, -0.2) is 9.67 Å². The molecule has 0 aliphatic rings. The lowest BCUT2D eigenvalue weighted by molar-refractivity contribution is 0.104. The van der Waals surface area contributed by atoms with Crippen LogP contribution in [0.5, 0.6) is 0 Å². The Morgan fingerprint density at radius 2 is 1.76 bits per heavy atom. The van der Waals surface area contributed by atoms with E-state index in [1.165, 1.54) is 6.33 Å². The largest absolute Gasteiger partial charge is 0.289 e. The second-order valence-electron chi connectivity index (χ2n) is 4.50. The predicted octanol–water partition coefficient (Wildman–Crippen LogP) is 3.16. The van der Waals surface area contributed by atoms with Gasteiger partial charge in [-0.1, -0.05) is 36.4 Å². The van der Waals surface area contributed by atoms with Gasteiger partial charge in [-0.2, -0.15) is 5.10 Å². The van der Waals surface area contributed by atoms with Crippen molar-refractivity contribution in [2.24, 2.45) is 0 Å². The van der Waals surface area contributed by atoms with E-state index in [0.29, 0.717) is 5.56 Å². The number of hydrogen-bond donors (Lipinski definition) is 0. The van der Waals surface area contributed by atoms with Gasteiger partial charge in [0.2, 0.25) is 0 Å². The quantitative estimate of drug-likeness (QED) is 0.543. The molecule has 0 saturated carbocycles. The van der Waals surface area contributed by atoms with E-state index in [0.717, 1.165) is 11.3 Å². The minimum atomic E-state index is -0.0241. The van der Waals surface area contributed by atoms with Crippen LogP contribution >= 0.6 is 0 Å². The van der Waals surface area contributed by atoms with Crippen LogP contribution in [0.15, 0.2) is 73.3 Å². The predicted molar refractivity (Wildman–Crippen MR) is 81.2 cm³/mol. The van der Waals surface area contributed by atoms with E-state index in [4.69, 9.17) is 0 Å². The molecule has 0 aliphatic carbocycles. The summed E-state index contributed by atoms with van der Waals surface area (Å²) < 4.78 is 1.65. The van der Waals surface area contributed by atoms with E-state index >= 15 is 0 Å². The second-order valence-corrected chi connectivity index (χ2v) is 4.50. The summed E-state index contributed by atoms with van der Waals surface area (Å²) in [5.74, 6) is -0.0241. The number of hydrogen-bond acceptors (Lipinski definition) is 3. The van der Waals surface area contributed by atoms with Gasteiger partial charge in [-0.3, -0.25) is 4.79 Å². The molecule has 102 valence electrons. The van der Waals surface area contributed by atoms with Gasteiger partial charge >= 0.3 is 0 Å². The number of carbonyl (C=O) groups excluding carboxylic acids is 1. The Morgan fingerprint density at radius 3 is 2.43 bits per heavy atom. The zero-order chi connectivity index (χ0) is 14.5. The molecule has 0 atom stereocenters. The summed E-state index contributed by atoms with van der Waals surface area (Å²) >= 11 is 0. The third-order valence-corrected chi connectivity index (χ3v) is 3.06. The Labute approximate surface area is 122 Å². The molecule has 0 unspecified atom stereocenters. The molecule has 0 aliphatic heterocycles. The number of benzene rings is 2. The van der Waals surface area contributed by atoms with Crippen LogP contribution in [0.4, 0.5) is 0 Å². The van der Waals surface area contributed by atoms with E-state index in [1.807, 2.05) is 48.5 Å². The van der Waals surface area contributed by atoms with Crippen molar-refractivity contribution in [2.45, 2.75) is 0 Å². The molecule has 21 heavy (non-hydrogen) atoms. The highest BCUT2D eigenvalue weighted by atomic mass is 16.1. The number of ketones is 1. The minimum absolute atomic E-state index is 0.0241. The highest BCUT2D eigenvalue weighted by Crippen LogP contribution is 2.10. The third kappa shape index (κ3) is 3.12. The first-order valence-corrected chi connectivity index (χ1v) is 6.55. The second kappa shape index (κ2) is 5.96. The van der Waals surface area contributed by atoms with Gasteiger partial charge in [0.05, 0.1) is 5.69 Å². The Kier molecular flexibility index (Phi) is 3.69. The lowest BCUT2D eigenvalue weighted by atomic mass is 10.1. The lowest BCUT2D eigenvalue weighted by Gasteiger charge is -2.01. The Bertz CT molecular complexity index is 744. The van der Waals surface area contributed by atoms with Crippen LogP contribution < -0.4 is 0 Å². The van der Waals surface area contributed by atoms with E-state index in [9.17, 15) is 4.79 Å². The monoisotopic (exact) mass is 275 g/mol. The van der Waals surface area contributed by atoms with Crippen molar-refractivity contribution in [2.75, 3.05) is 0 Å². The van der Waals surface area contributed by atoms with Crippen molar-refractivity contribution in [3.8, 4) is 5.69 Å². The van der Waals surface area contributed by atoms with E-state index in [1.54, 1.807) is 29.2 Å². The van der Waals surface area contributed by atoms with Gasteiger partial charge in [0.25, 0.3) is 0 Å². The van der Waals surface area contributed by atoms with E-state index in [-0.39, 0.29) is 5.78 Å². The average Bonchev–Trinajstić information content (AvgIpc) is 3.08. The third-order valence-electron chi connectivity index (χ3n) is 3.06. The zero-order valence-electron chi connectivity index (χ0n) is 11.3. The van der Waals surface area contributed by atoms with Gasteiger partial charge in [0.15, 0.2) is 5.78 Å². The van der Waals surface area contributed by atoms with Crippen LogP contribution in [0.25, 0.3) is 11.8 Å². The SMILES string of the molecule is O=C(/C=C/c1ccccc1)c1ccc(-n2cncn2)cc1. The Hall–Kier alpha value is -3.01. The fourth-order valence-corrected chi connectivity index (χ4v) is 1.95. The van der Waals surface area contributed by atoms with Crippen molar-refractivity contribution >= 4 is 11.9 Å². The molecule has 2 aromatic carbocycles. The van der Waals surface area contributed by atoms with Gasteiger partial charge in [0, 0.05) is 5.56 Å². The van der Waals surface area contributed by atoms with Crippen molar-refractivity contribution in [1.82, 2.24) is 14.8 Å². The first-order valence-electron chi connectivity index (χ1n) is 6.55. The van der Waals surface area contributed by atoms with Crippen LogP contribution in [0.3, 0.4) is 0 Å². The summed E-state index contributed by atoms with van der Waals surface area (Å²) in [5, 5.41) is 4.04. The fourth-order valence-electron chi connectivity index (χ4n) is 1.95. The molecular formula is C17H13N3O. The maximum absolute atomic E-state index is 12.1. The smallest absolute Gasteiger partial charge is 0.185 e. The molecule has 0 radical (unpaired) electrons. The van der Waals surface area contributed by atoms with Crippen LogP contribution in [-0.4, -0.2) is 20.5 Å². The number of allylic oxidation sites excluding steroid dienone is 1. The molecule has 3 rings (SSSR count). The average molecular weight is 275 g/mol. The summed E-state index contributed by atoms with van der Waals surface area (Å²) in [7, 11) is 0.